The van der Waals surface area contributed by atoms with Gasteiger partial charge in [0.15, 0.2) is 0 Å². The van der Waals surface area contributed by atoms with Crippen LogP contribution < -0.4 is 0 Å². The van der Waals surface area contributed by atoms with Gasteiger partial charge in [-0.05, 0) is 23.1 Å². The Morgan fingerprint density at radius 2 is 1.16 bits per heavy atom. The first-order valence-electron chi connectivity index (χ1n) is 16.2. The number of nitro groups is 2. The van der Waals surface area contributed by atoms with Crippen molar-refractivity contribution in [2.24, 2.45) is 5.92 Å². The van der Waals surface area contributed by atoms with Gasteiger partial charge in [0.1, 0.15) is 30.0 Å². The fourth-order valence-electron chi connectivity index (χ4n) is 6.25. The van der Waals surface area contributed by atoms with Gasteiger partial charge in [-0.2, -0.15) is 0 Å². The maximum Gasteiger partial charge on any atom is 0.339 e. The van der Waals surface area contributed by atoms with E-state index in [1.165, 1.54) is 6.08 Å². The zero-order chi connectivity index (χ0) is 36.4. The number of rotatable bonds is 16. The number of allylic oxidation sites excluding steroid dienone is 1. The Morgan fingerprint density at radius 3 is 1.59 bits per heavy atom. The minimum Gasteiger partial charge on any atom is -0.455 e. The number of carbonyl (C=O) groups is 1. The van der Waals surface area contributed by atoms with Crippen LogP contribution in [0.25, 0.3) is 0 Å². The Balaban J connectivity index is 1.61. The van der Waals surface area contributed by atoms with Crippen LogP contribution in [-0.4, -0.2) is 50.9 Å². The highest BCUT2D eigenvalue weighted by Gasteiger charge is 2.60. The van der Waals surface area contributed by atoms with Crippen molar-refractivity contribution < 1.29 is 38.7 Å². The molecule has 0 amide bonds. The third-order valence-electron chi connectivity index (χ3n) is 8.79. The van der Waals surface area contributed by atoms with Gasteiger partial charge in [-0.25, -0.2) is 4.79 Å². The highest BCUT2D eigenvalue weighted by Crippen LogP contribution is 2.44. The van der Waals surface area contributed by atoms with Crippen LogP contribution in [0, 0.1) is 26.1 Å². The molecule has 0 bridgehead atoms. The minimum absolute atomic E-state index is 0.0474. The average molecular weight is 695 g/mol. The summed E-state index contributed by atoms with van der Waals surface area (Å²) in [5, 5.41) is 35.8. The molecule has 0 unspecified atom stereocenters. The highest BCUT2D eigenvalue weighted by molar-refractivity contribution is 5.91. The number of carbonyl (C=O) groups excluding carboxylic acids is 1. The molecule has 4 aromatic rings. The fraction of sp³-hybridized carbons (Fsp3) is 0.256. The zero-order valence-corrected chi connectivity index (χ0v) is 27.7. The summed E-state index contributed by atoms with van der Waals surface area (Å²) >= 11 is 0. The van der Waals surface area contributed by atoms with Crippen LogP contribution >= 0.6 is 0 Å². The smallest absolute Gasteiger partial charge is 0.339 e. The Labute approximate surface area is 294 Å². The lowest BCUT2D eigenvalue weighted by molar-refractivity contribution is -0.394. The first kappa shape index (κ1) is 36.7. The molecular formula is C39H38N2O10. The number of non-ortho nitro benzene ring substituents is 2. The van der Waals surface area contributed by atoms with E-state index in [1.807, 2.05) is 91.0 Å². The molecular weight excluding hydrogens is 656 g/mol. The molecule has 4 aromatic carbocycles. The lowest BCUT2D eigenvalue weighted by Crippen LogP contribution is -2.69. The van der Waals surface area contributed by atoms with Crippen molar-refractivity contribution in [1.29, 1.82) is 0 Å². The molecule has 1 aliphatic carbocycles. The predicted octanol–water partition coefficient (Wildman–Crippen LogP) is 6.91. The van der Waals surface area contributed by atoms with Crippen molar-refractivity contribution in [3.8, 4) is 0 Å². The van der Waals surface area contributed by atoms with Gasteiger partial charge >= 0.3 is 5.97 Å². The standard InChI is InChI=1S/C39H38N2O10/c1-3-14-33-34(51-38(42)30-21-31(40(44)45)23-32(22-30)41(46)47)35(48-24-27-15-8-5-9-16-27)36(49-25-28-17-10-6-11-18-28)37(39(33,43)4-2)50-26-29-19-12-7-13-20-29/h3-13,15-23,33-37,43H,1-2,14,24-26H2/t33-,34+,35+,36-,37+,39-/m1/s1. The number of hydrogen-bond donors (Lipinski definition) is 1. The minimum atomic E-state index is -1.91. The Morgan fingerprint density at radius 1 is 0.706 bits per heavy atom. The van der Waals surface area contributed by atoms with Gasteiger partial charge in [0.05, 0.1) is 41.3 Å². The van der Waals surface area contributed by atoms with Crippen LogP contribution in [0.5, 0.6) is 0 Å². The molecule has 0 saturated heterocycles. The number of ether oxygens (including phenoxy) is 4. The fourth-order valence-corrected chi connectivity index (χ4v) is 6.25. The lowest BCUT2D eigenvalue weighted by atomic mass is 9.67. The Kier molecular flexibility index (Phi) is 12.2. The zero-order valence-electron chi connectivity index (χ0n) is 27.7. The second-order valence-corrected chi connectivity index (χ2v) is 12.1. The maximum atomic E-state index is 13.9. The second-order valence-electron chi connectivity index (χ2n) is 12.1. The molecule has 51 heavy (non-hydrogen) atoms. The monoisotopic (exact) mass is 694 g/mol. The topological polar surface area (TPSA) is 160 Å². The van der Waals surface area contributed by atoms with E-state index in [0.29, 0.717) is 0 Å². The highest BCUT2D eigenvalue weighted by atomic mass is 16.6. The molecule has 1 fully saturated rings. The van der Waals surface area contributed by atoms with E-state index in [4.69, 9.17) is 18.9 Å². The van der Waals surface area contributed by atoms with E-state index in [9.17, 15) is 30.1 Å². The predicted molar refractivity (Wildman–Crippen MR) is 187 cm³/mol. The first-order valence-corrected chi connectivity index (χ1v) is 16.2. The number of nitrogens with zero attached hydrogens (tertiary/aromatic N) is 2. The first-order chi connectivity index (χ1) is 24.6. The maximum absolute atomic E-state index is 13.9. The Hall–Kier alpha value is -5.53. The SMILES string of the molecule is C=CC[C@@H]1[C@H](OC(=O)c2cc([N+](=O)[O-])cc([N+](=O)[O-])c2)[C@H](OCc2ccccc2)[C@@H](OCc2ccccc2)[C@H](OCc2ccccc2)[C@@]1(O)C=C. The van der Waals surface area contributed by atoms with Gasteiger partial charge in [-0.15, -0.1) is 13.2 Å². The Bertz CT molecular complexity index is 1790. The van der Waals surface area contributed by atoms with E-state index < -0.39 is 68.7 Å². The van der Waals surface area contributed by atoms with Crippen LogP contribution in [0.4, 0.5) is 11.4 Å². The number of hydrogen-bond acceptors (Lipinski definition) is 10. The van der Waals surface area contributed by atoms with Gasteiger partial charge in [0.2, 0.25) is 0 Å². The van der Waals surface area contributed by atoms with Gasteiger partial charge in [-0.1, -0.05) is 103 Å². The molecule has 1 saturated carbocycles. The van der Waals surface area contributed by atoms with Crippen LogP contribution in [0.2, 0.25) is 0 Å². The normalized spacial score (nSPS) is 22.8. The van der Waals surface area contributed by atoms with Crippen molar-refractivity contribution in [3.63, 3.8) is 0 Å². The van der Waals surface area contributed by atoms with Crippen molar-refractivity contribution in [3.05, 3.63) is 177 Å². The number of esters is 1. The molecule has 0 aromatic heterocycles. The molecule has 0 spiro atoms. The molecule has 1 N–H and O–H groups in total. The van der Waals surface area contributed by atoms with E-state index in [-0.39, 0.29) is 26.2 Å². The number of benzene rings is 4. The third-order valence-corrected chi connectivity index (χ3v) is 8.79. The largest absolute Gasteiger partial charge is 0.455 e. The third kappa shape index (κ3) is 8.80. The van der Waals surface area contributed by atoms with Crippen LogP contribution in [-0.2, 0) is 38.8 Å². The summed E-state index contributed by atoms with van der Waals surface area (Å²) in [6, 6.07) is 30.5. The molecule has 5 rings (SSSR count). The second kappa shape index (κ2) is 16.9. The van der Waals surface area contributed by atoms with Gasteiger partial charge < -0.3 is 24.1 Å². The molecule has 0 aliphatic heterocycles. The van der Waals surface area contributed by atoms with Crippen LogP contribution in [0.1, 0.15) is 33.5 Å². The molecule has 0 radical (unpaired) electrons. The van der Waals surface area contributed by atoms with Crippen LogP contribution in [0.3, 0.4) is 0 Å². The van der Waals surface area contributed by atoms with Crippen molar-refractivity contribution in [2.75, 3.05) is 0 Å². The summed E-state index contributed by atoms with van der Waals surface area (Å²) < 4.78 is 25.7. The van der Waals surface area contributed by atoms with E-state index in [2.05, 4.69) is 13.2 Å². The van der Waals surface area contributed by atoms with Crippen molar-refractivity contribution in [1.82, 2.24) is 0 Å². The summed E-state index contributed by atoms with van der Waals surface area (Å²) in [6.07, 6.45) is -1.64. The summed E-state index contributed by atoms with van der Waals surface area (Å²) in [7, 11) is 0. The van der Waals surface area contributed by atoms with Gasteiger partial charge in [0, 0.05) is 18.1 Å². The summed E-state index contributed by atoms with van der Waals surface area (Å²) in [4.78, 5) is 35.5. The van der Waals surface area contributed by atoms with Crippen molar-refractivity contribution >= 4 is 17.3 Å². The molecule has 6 atom stereocenters. The molecule has 1 aliphatic rings. The lowest BCUT2D eigenvalue weighted by Gasteiger charge is -2.53. The molecule has 12 nitrogen and oxygen atoms in total. The van der Waals surface area contributed by atoms with Gasteiger partial charge in [-0.3, -0.25) is 20.2 Å². The summed E-state index contributed by atoms with van der Waals surface area (Å²) in [5.74, 6) is -2.09. The van der Waals surface area contributed by atoms with Gasteiger partial charge in [0.25, 0.3) is 11.4 Å². The molecule has 12 heteroatoms. The van der Waals surface area contributed by atoms with Crippen molar-refractivity contribution in [2.45, 2.75) is 56.3 Å². The van der Waals surface area contributed by atoms with E-state index in [0.717, 1.165) is 34.9 Å². The molecule has 0 heterocycles. The van der Waals surface area contributed by atoms with E-state index >= 15 is 0 Å². The summed E-state index contributed by atoms with van der Waals surface area (Å²) in [5.41, 5.74) is -1.23. The van der Waals surface area contributed by atoms with Crippen LogP contribution in [0.15, 0.2) is 135 Å². The van der Waals surface area contributed by atoms with E-state index in [1.54, 1.807) is 6.08 Å². The summed E-state index contributed by atoms with van der Waals surface area (Å²) in [6.45, 7) is 8.02. The number of aliphatic hydroxyl groups is 1. The molecule has 264 valence electrons. The number of nitro benzene ring substituents is 2. The average Bonchev–Trinajstić information content (AvgIpc) is 3.15. The quantitative estimate of drug-likeness (QED) is 0.0565.